The number of ether oxygens (including phenoxy) is 1. The smallest absolute Gasteiger partial charge is 0.295 e. The van der Waals surface area contributed by atoms with Gasteiger partial charge in [0.2, 0.25) is 0 Å². The highest BCUT2D eigenvalue weighted by atomic mass is 35.5. The van der Waals surface area contributed by atoms with Gasteiger partial charge in [0.15, 0.2) is 0 Å². The molecule has 0 aliphatic carbocycles. The molecule has 0 radical (unpaired) electrons. The minimum absolute atomic E-state index is 0.0108. The maximum Gasteiger partial charge on any atom is 0.295 e. The number of carbonyl (C=O) groups excluding carboxylic acids is 2. The minimum Gasteiger partial charge on any atom is -0.507 e. The summed E-state index contributed by atoms with van der Waals surface area (Å²) in [5.74, 6) is -0.829. The van der Waals surface area contributed by atoms with Crippen LogP contribution in [0.25, 0.3) is 5.76 Å². The number of aliphatic hydroxyl groups is 1. The van der Waals surface area contributed by atoms with Gasteiger partial charge in [0.1, 0.15) is 23.3 Å². The predicted molar refractivity (Wildman–Crippen MR) is 108 cm³/mol. The molecule has 2 aromatic rings. The first-order valence-electron chi connectivity index (χ1n) is 9.30. The highest BCUT2D eigenvalue weighted by molar-refractivity contribution is 6.46. The Hall–Kier alpha value is -2.77. The summed E-state index contributed by atoms with van der Waals surface area (Å²) in [7, 11) is 5.52. The Morgan fingerprint density at radius 2 is 2.07 bits per heavy atom. The van der Waals surface area contributed by atoms with Crippen LogP contribution in [0.1, 0.15) is 23.8 Å². The maximum absolute atomic E-state index is 12.8. The second kappa shape index (κ2) is 8.71. The van der Waals surface area contributed by atoms with Gasteiger partial charge in [0.25, 0.3) is 11.7 Å². The Morgan fingerprint density at radius 1 is 1.31 bits per heavy atom. The van der Waals surface area contributed by atoms with Crippen LogP contribution in [0.4, 0.5) is 0 Å². The Morgan fingerprint density at radius 3 is 2.66 bits per heavy atom. The van der Waals surface area contributed by atoms with Gasteiger partial charge >= 0.3 is 0 Å². The van der Waals surface area contributed by atoms with Crippen molar-refractivity contribution in [1.29, 1.82) is 0 Å². The largest absolute Gasteiger partial charge is 0.507 e. The molecular formula is C21H24ClN2O5+. The predicted octanol–water partition coefficient (Wildman–Crippen LogP) is 1.90. The molecule has 0 bridgehead atoms. The number of benzene rings is 1. The third kappa shape index (κ3) is 4.16. The van der Waals surface area contributed by atoms with Crippen molar-refractivity contribution in [3.63, 3.8) is 0 Å². The van der Waals surface area contributed by atoms with Crippen molar-refractivity contribution in [2.45, 2.75) is 12.5 Å². The molecule has 1 aliphatic rings. The number of quaternary nitrogens is 1. The molecule has 1 aromatic heterocycles. The SMILES string of the molecule is COc1ccc(/C(O)=C2/C(=O)C(=O)N(CCC[NH+](C)C)[C@@H]2c2ccco2)cc1Cl. The fraction of sp³-hybridized carbons (Fsp3) is 0.333. The monoisotopic (exact) mass is 419 g/mol. The summed E-state index contributed by atoms with van der Waals surface area (Å²) >= 11 is 6.17. The van der Waals surface area contributed by atoms with E-state index in [0.29, 0.717) is 30.0 Å². The average Bonchev–Trinajstić information content (AvgIpc) is 3.29. The zero-order valence-corrected chi connectivity index (χ0v) is 17.3. The van der Waals surface area contributed by atoms with E-state index in [1.165, 1.54) is 29.2 Å². The number of furan rings is 1. The molecular weight excluding hydrogens is 396 g/mol. The van der Waals surface area contributed by atoms with Crippen molar-refractivity contribution in [3.8, 4) is 5.75 Å². The molecule has 0 spiro atoms. The van der Waals surface area contributed by atoms with E-state index in [1.807, 2.05) is 14.1 Å². The topological polar surface area (TPSA) is 84.4 Å². The summed E-state index contributed by atoms with van der Waals surface area (Å²) in [5.41, 5.74) is 0.312. The molecule has 3 rings (SSSR count). The lowest BCUT2D eigenvalue weighted by Gasteiger charge is -2.23. The Bertz CT molecular complexity index is 937. The summed E-state index contributed by atoms with van der Waals surface area (Å²) in [6, 6.07) is 7.26. The molecule has 2 N–H and O–H groups in total. The van der Waals surface area contributed by atoms with Gasteiger partial charge in [-0.15, -0.1) is 0 Å². The van der Waals surface area contributed by atoms with Crippen molar-refractivity contribution >= 4 is 29.1 Å². The average molecular weight is 420 g/mol. The normalized spacial score (nSPS) is 18.7. The lowest BCUT2D eigenvalue weighted by Crippen LogP contribution is -3.05. The molecule has 1 amide bonds. The second-order valence-corrected chi connectivity index (χ2v) is 7.58. The van der Waals surface area contributed by atoms with E-state index in [2.05, 4.69) is 0 Å². The fourth-order valence-electron chi connectivity index (χ4n) is 3.43. The van der Waals surface area contributed by atoms with E-state index in [1.54, 1.807) is 24.3 Å². The fourth-order valence-corrected chi connectivity index (χ4v) is 3.68. The highest BCUT2D eigenvalue weighted by Gasteiger charge is 2.47. The van der Waals surface area contributed by atoms with E-state index < -0.39 is 17.7 Å². The first kappa shape index (κ1) is 21.0. The Balaban J connectivity index is 2.05. The standard InChI is InChI=1S/C21H23ClN2O5/c1-23(2)9-5-10-24-18(16-6-4-11-29-16)17(20(26)21(24)27)19(25)13-7-8-15(28-3)14(22)12-13/h4,6-8,11-12,18,25H,5,9-10H2,1-3H3/p+1/b19-17-/t18-/m1/s1. The van der Waals surface area contributed by atoms with Crippen LogP contribution >= 0.6 is 11.6 Å². The van der Waals surface area contributed by atoms with Gasteiger partial charge in [-0.2, -0.15) is 0 Å². The summed E-state index contributed by atoms with van der Waals surface area (Å²) < 4.78 is 10.6. The van der Waals surface area contributed by atoms with Gasteiger partial charge < -0.3 is 24.1 Å². The zero-order valence-electron chi connectivity index (χ0n) is 16.6. The van der Waals surface area contributed by atoms with Crippen molar-refractivity contribution in [2.75, 3.05) is 34.3 Å². The van der Waals surface area contributed by atoms with Crippen LogP contribution in [-0.2, 0) is 9.59 Å². The van der Waals surface area contributed by atoms with Crippen molar-refractivity contribution in [1.82, 2.24) is 4.90 Å². The van der Waals surface area contributed by atoms with Gasteiger partial charge in [-0.05, 0) is 30.3 Å². The van der Waals surface area contributed by atoms with Crippen LogP contribution in [0.2, 0.25) is 5.02 Å². The highest BCUT2D eigenvalue weighted by Crippen LogP contribution is 2.40. The number of amides is 1. The summed E-state index contributed by atoms with van der Waals surface area (Å²) in [5, 5.41) is 11.2. The van der Waals surface area contributed by atoms with Gasteiger partial charge in [0.05, 0.1) is 44.6 Å². The third-order valence-electron chi connectivity index (χ3n) is 4.85. The van der Waals surface area contributed by atoms with Crippen molar-refractivity contribution < 1.29 is 28.7 Å². The molecule has 8 heteroatoms. The van der Waals surface area contributed by atoms with Crippen LogP contribution in [0.15, 0.2) is 46.6 Å². The van der Waals surface area contributed by atoms with E-state index in [-0.39, 0.29) is 16.4 Å². The summed E-state index contributed by atoms with van der Waals surface area (Å²) in [6.07, 6.45) is 2.19. The van der Waals surface area contributed by atoms with E-state index >= 15 is 0 Å². The number of likely N-dealkylation sites (tertiary alicyclic amines) is 1. The molecule has 1 aromatic carbocycles. The Labute approximate surface area is 174 Å². The molecule has 1 aliphatic heterocycles. The van der Waals surface area contributed by atoms with Gasteiger partial charge in [-0.25, -0.2) is 0 Å². The molecule has 1 saturated heterocycles. The number of ketones is 1. The van der Waals surface area contributed by atoms with Crippen LogP contribution < -0.4 is 9.64 Å². The van der Waals surface area contributed by atoms with Crippen LogP contribution in [0.3, 0.4) is 0 Å². The number of halogens is 1. The Kier molecular flexibility index (Phi) is 6.30. The van der Waals surface area contributed by atoms with E-state index in [0.717, 1.165) is 6.54 Å². The third-order valence-corrected chi connectivity index (χ3v) is 5.15. The lowest BCUT2D eigenvalue weighted by atomic mass is 9.99. The number of carbonyl (C=O) groups is 2. The van der Waals surface area contributed by atoms with Gasteiger partial charge in [-0.1, -0.05) is 11.6 Å². The first-order valence-corrected chi connectivity index (χ1v) is 9.67. The molecule has 0 unspecified atom stereocenters. The molecule has 2 heterocycles. The van der Waals surface area contributed by atoms with Gasteiger partial charge in [0, 0.05) is 18.5 Å². The quantitative estimate of drug-likeness (QED) is 0.407. The van der Waals surface area contributed by atoms with Crippen LogP contribution in [0.5, 0.6) is 5.75 Å². The number of aliphatic hydroxyl groups excluding tert-OH is 1. The molecule has 1 fully saturated rings. The van der Waals surface area contributed by atoms with E-state index in [4.69, 9.17) is 20.8 Å². The molecule has 1 atom stereocenters. The number of nitrogens with one attached hydrogen (secondary N) is 1. The molecule has 154 valence electrons. The summed E-state index contributed by atoms with van der Waals surface area (Å²) in [4.78, 5) is 28.3. The number of hydrogen-bond donors (Lipinski definition) is 2. The van der Waals surface area contributed by atoms with Crippen molar-refractivity contribution in [3.05, 3.63) is 58.5 Å². The second-order valence-electron chi connectivity index (χ2n) is 7.17. The van der Waals surface area contributed by atoms with E-state index in [9.17, 15) is 14.7 Å². The number of Topliss-reactive ketones (excluding diaryl/α,β-unsaturated/α-hetero) is 1. The molecule has 0 saturated carbocycles. The number of methoxy groups -OCH3 is 1. The molecule has 7 nitrogen and oxygen atoms in total. The number of nitrogens with zero attached hydrogens (tertiary/aromatic N) is 1. The first-order chi connectivity index (χ1) is 13.8. The lowest BCUT2D eigenvalue weighted by molar-refractivity contribution is -0.858. The minimum atomic E-state index is -0.789. The van der Waals surface area contributed by atoms with Crippen LogP contribution in [-0.4, -0.2) is 56.0 Å². The number of rotatable bonds is 7. The summed E-state index contributed by atoms with van der Waals surface area (Å²) in [6.45, 7) is 1.21. The molecule has 29 heavy (non-hydrogen) atoms. The van der Waals surface area contributed by atoms with Crippen molar-refractivity contribution in [2.24, 2.45) is 0 Å². The van der Waals surface area contributed by atoms with Gasteiger partial charge in [-0.3, -0.25) is 9.59 Å². The number of hydrogen-bond acceptors (Lipinski definition) is 5. The maximum atomic E-state index is 12.8. The van der Waals surface area contributed by atoms with Crippen LogP contribution in [0, 0.1) is 0 Å². The zero-order chi connectivity index (χ0) is 21.1.